The van der Waals surface area contributed by atoms with Gasteiger partial charge in [-0.15, -0.1) is 0 Å². The van der Waals surface area contributed by atoms with Crippen LogP contribution in [0, 0.1) is 0 Å². The molecule has 0 saturated heterocycles. The molecule has 0 bridgehead atoms. The summed E-state index contributed by atoms with van der Waals surface area (Å²) in [6.45, 7) is 1.58. The summed E-state index contributed by atoms with van der Waals surface area (Å²) < 4.78 is 35.8. The number of aromatic amines is 1. The van der Waals surface area contributed by atoms with Gasteiger partial charge in [0.15, 0.2) is 5.69 Å². The summed E-state index contributed by atoms with van der Waals surface area (Å²) in [6.07, 6.45) is -4.40. The van der Waals surface area contributed by atoms with Crippen molar-refractivity contribution in [3.05, 3.63) is 17.5 Å². The molecular weight excluding hydrogens is 171 g/mol. The van der Waals surface area contributed by atoms with Crippen LogP contribution in [0.25, 0.3) is 0 Å². The van der Waals surface area contributed by atoms with Crippen molar-refractivity contribution in [1.82, 2.24) is 10.2 Å². The fourth-order valence-electron chi connectivity index (χ4n) is 0.715. The summed E-state index contributed by atoms with van der Waals surface area (Å²) in [4.78, 5) is 0. The van der Waals surface area contributed by atoms with Gasteiger partial charge in [0.25, 0.3) is 0 Å². The third-order valence-corrected chi connectivity index (χ3v) is 1.38. The average Bonchev–Trinajstić information content (AvgIpc) is 2.30. The van der Waals surface area contributed by atoms with Crippen LogP contribution in [0.2, 0.25) is 0 Å². The summed E-state index contributed by atoms with van der Waals surface area (Å²) in [6, 6.07) is 0.443. The van der Waals surface area contributed by atoms with E-state index in [-0.39, 0.29) is 5.69 Å². The summed E-state index contributed by atoms with van der Waals surface area (Å²) in [7, 11) is 0. The van der Waals surface area contributed by atoms with E-state index in [1.807, 2.05) is 0 Å². The van der Waals surface area contributed by atoms with Gasteiger partial charge in [-0.05, 0) is 13.0 Å². The Balaban J connectivity index is 2.92. The SMILES string of the molecule is C[C@@H](N)c1cc(C(F)(F)F)n[nH]1. The van der Waals surface area contributed by atoms with E-state index in [2.05, 4.69) is 10.2 Å². The minimum absolute atomic E-state index is 0.280. The van der Waals surface area contributed by atoms with Crippen LogP contribution in [0.15, 0.2) is 6.07 Å². The number of nitrogens with two attached hydrogens (primary N) is 1. The maximum absolute atomic E-state index is 11.9. The number of hydrogen-bond donors (Lipinski definition) is 2. The Bertz CT molecular complexity index is 263. The van der Waals surface area contributed by atoms with Crippen LogP contribution in [-0.4, -0.2) is 10.2 Å². The van der Waals surface area contributed by atoms with Gasteiger partial charge in [0, 0.05) is 6.04 Å². The topological polar surface area (TPSA) is 54.7 Å². The van der Waals surface area contributed by atoms with Crippen molar-refractivity contribution in [2.24, 2.45) is 5.73 Å². The molecule has 0 radical (unpaired) electrons. The van der Waals surface area contributed by atoms with Gasteiger partial charge in [0.05, 0.1) is 5.69 Å². The fraction of sp³-hybridized carbons (Fsp3) is 0.500. The first-order chi connectivity index (χ1) is 5.41. The smallest absolute Gasteiger partial charge is 0.323 e. The number of alkyl halides is 3. The lowest BCUT2D eigenvalue weighted by molar-refractivity contribution is -0.141. The fourth-order valence-corrected chi connectivity index (χ4v) is 0.715. The number of rotatable bonds is 1. The summed E-state index contributed by atoms with van der Waals surface area (Å²) in [5.74, 6) is 0. The van der Waals surface area contributed by atoms with E-state index in [0.717, 1.165) is 6.07 Å². The highest BCUT2D eigenvalue weighted by Gasteiger charge is 2.33. The summed E-state index contributed by atoms with van der Waals surface area (Å²) in [5.41, 5.74) is 4.68. The lowest BCUT2D eigenvalue weighted by Crippen LogP contribution is -2.06. The number of nitrogens with zero attached hydrogens (tertiary/aromatic N) is 1. The lowest BCUT2D eigenvalue weighted by Gasteiger charge is -1.99. The second-order valence-corrected chi connectivity index (χ2v) is 2.49. The number of aromatic nitrogens is 2. The molecule has 0 aliphatic carbocycles. The van der Waals surface area contributed by atoms with Crippen LogP contribution in [-0.2, 0) is 6.18 Å². The van der Waals surface area contributed by atoms with E-state index in [0.29, 0.717) is 0 Å². The molecule has 0 fully saturated rings. The third-order valence-electron chi connectivity index (χ3n) is 1.38. The highest BCUT2D eigenvalue weighted by atomic mass is 19.4. The highest BCUT2D eigenvalue weighted by Crippen LogP contribution is 2.28. The molecule has 3 N–H and O–H groups in total. The van der Waals surface area contributed by atoms with E-state index in [9.17, 15) is 13.2 Å². The largest absolute Gasteiger partial charge is 0.435 e. The van der Waals surface area contributed by atoms with E-state index in [1.165, 1.54) is 0 Å². The molecule has 3 nitrogen and oxygen atoms in total. The number of hydrogen-bond acceptors (Lipinski definition) is 2. The number of H-pyrrole nitrogens is 1. The van der Waals surface area contributed by atoms with Crippen LogP contribution in [0.5, 0.6) is 0 Å². The van der Waals surface area contributed by atoms with Crippen molar-refractivity contribution in [3.63, 3.8) is 0 Å². The molecule has 0 amide bonds. The molecule has 12 heavy (non-hydrogen) atoms. The van der Waals surface area contributed by atoms with Crippen LogP contribution in [0.3, 0.4) is 0 Å². The first kappa shape index (κ1) is 9.05. The van der Waals surface area contributed by atoms with Gasteiger partial charge in [0.1, 0.15) is 0 Å². The number of halogens is 3. The minimum atomic E-state index is -4.40. The second-order valence-electron chi connectivity index (χ2n) is 2.49. The van der Waals surface area contributed by atoms with Crippen molar-refractivity contribution in [3.8, 4) is 0 Å². The zero-order valence-corrected chi connectivity index (χ0v) is 6.31. The van der Waals surface area contributed by atoms with Crippen molar-refractivity contribution in [1.29, 1.82) is 0 Å². The van der Waals surface area contributed by atoms with Gasteiger partial charge >= 0.3 is 6.18 Å². The Morgan fingerprint density at radius 1 is 1.58 bits per heavy atom. The quantitative estimate of drug-likeness (QED) is 0.685. The molecule has 1 atom stereocenters. The average molecular weight is 179 g/mol. The molecule has 1 rings (SSSR count). The predicted molar refractivity (Wildman–Crippen MR) is 36.2 cm³/mol. The molecular formula is C6H8F3N3. The van der Waals surface area contributed by atoms with Gasteiger partial charge in [-0.25, -0.2) is 0 Å². The molecule has 0 spiro atoms. The Morgan fingerprint density at radius 3 is 2.42 bits per heavy atom. The molecule has 1 aromatic heterocycles. The molecule has 0 aliphatic rings. The maximum atomic E-state index is 11.9. The van der Waals surface area contributed by atoms with Crippen LogP contribution >= 0.6 is 0 Å². The molecule has 1 heterocycles. The monoisotopic (exact) mass is 179 g/mol. The Labute approximate surface area is 66.8 Å². The van der Waals surface area contributed by atoms with Crippen molar-refractivity contribution in [2.45, 2.75) is 19.1 Å². The Morgan fingerprint density at radius 2 is 2.17 bits per heavy atom. The molecule has 1 aromatic rings. The van der Waals surface area contributed by atoms with Crippen LogP contribution in [0.1, 0.15) is 24.4 Å². The van der Waals surface area contributed by atoms with E-state index in [4.69, 9.17) is 5.73 Å². The molecule has 0 aromatic carbocycles. The first-order valence-corrected chi connectivity index (χ1v) is 3.29. The van der Waals surface area contributed by atoms with Crippen molar-refractivity contribution >= 4 is 0 Å². The van der Waals surface area contributed by atoms with E-state index < -0.39 is 17.9 Å². The van der Waals surface area contributed by atoms with Gasteiger partial charge < -0.3 is 5.73 Å². The van der Waals surface area contributed by atoms with Crippen molar-refractivity contribution in [2.75, 3.05) is 0 Å². The summed E-state index contributed by atoms with van der Waals surface area (Å²) >= 11 is 0. The Kier molecular flexibility index (Phi) is 2.10. The lowest BCUT2D eigenvalue weighted by atomic mass is 10.2. The normalized spacial score (nSPS) is 14.8. The zero-order valence-electron chi connectivity index (χ0n) is 6.31. The first-order valence-electron chi connectivity index (χ1n) is 3.29. The molecule has 68 valence electrons. The zero-order chi connectivity index (χ0) is 9.35. The van der Waals surface area contributed by atoms with Gasteiger partial charge in [-0.2, -0.15) is 18.3 Å². The van der Waals surface area contributed by atoms with Gasteiger partial charge in [-0.1, -0.05) is 0 Å². The van der Waals surface area contributed by atoms with Gasteiger partial charge in [0.2, 0.25) is 0 Å². The number of nitrogens with one attached hydrogen (secondary N) is 1. The van der Waals surface area contributed by atoms with Crippen LogP contribution < -0.4 is 5.73 Å². The third kappa shape index (κ3) is 1.76. The molecule has 0 aliphatic heterocycles. The molecule has 6 heteroatoms. The minimum Gasteiger partial charge on any atom is -0.323 e. The molecule has 0 unspecified atom stereocenters. The second kappa shape index (κ2) is 2.78. The van der Waals surface area contributed by atoms with Crippen LogP contribution in [0.4, 0.5) is 13.2 Å². The predicted octanol–water partition coefficient (Wildman–Crippen LogP) is 1.45. The molecule has 0 saturated carbocycles. The highest BCUT2D eigenvalue weighted by molar-refractivity contribution is 5.13. The summed E-state index contributed by atoms with van der Waals surface area (Å²) in [5, 5.41) is 5.30. The van der Waals surface area contributed by atoms with Crippen molar-refractivity contribution < 1.29 is 13.2 Å². The Hall–Kier alpha value is -1.04. The standard InChI is InChI=1S/C6H8F3N3/c1-3(10)4-2-5(12-11-4)6(7,8)9/h2-3H,10H2,1H3,(H,11,12)/t3-/m1/s1. The van der Waals surface area contributed by atoms with E-state index in [1.54, 1.807) is 6.92 Å². The van der Waals surface area contributed by atoms with E-state index >= 15 is 0 Å². The maximum Gasteiger partial charge on any atom is 0.435 e. The van der Waals surface area contributed by atoms with Gasteiger partial charge in [-0.3, -0.25) is 5.10 Å².